The van der Waals surface area contributed by atoms with Crippen LogP contribution in [0.3, 0.4) is 0 Å². The Bertz CT molecular complexity index is 1750. The van der Waals surface area contributed by atoms with Crippen LogP contribution in [0.25, 0.3) is 33.6 Å². The van der Waals surface area contributed by atoms with Crippen molar-refractivity contribution in [2.24, 2.45) is 0 Å². The van der Waals surface area contributed by atoms with Gasteiger partial charge in [-0.05, 0) is 88.0 Å². The molecule has 2 aromatic carbocycles. The number of alkyl carbamates (subject to hydrolysis) is 1. The minimum Gasteiger partial charge on any atom is -0.465 e. The highest BCUT2D eigenvalue weighted by Crippen LogP contribution is 2.38. The van der Waals surface area contributed by atoms with Gasteiger partial charge in [-0.15, -0.1) is 0 Å². The van der Waals surface area contributed by atoms with Gasteiger partial charge in [-0.1, -0.05) is 48.9 Å². The molecule has 2 fully saturated rings. The fraction of sp³-hybridized carbons (Fsp3) is 0.444. The molecule has 0 radical (unpaired) electrons. The number of nitrogens with one attached hydrogen (secondary N) is 3. The normalized spacial score (nSPS) is 21.0. The summed E-state index contributed by atoms with van der Waals surface area (Å²) < 4.78 is 5.48. The third kappa shape index (κ3) is 6.00. The van der Waals surface area contributed by atoms with Gasteiger partial charge >= 0.3 is 12.2 Å². The number of imidazole rings is 2. The van der Waals surface area contributed by atoms with Gasteiger partial charge in [0.05, 0.1) is 23.6 Å². The van der Waals surface area contributed by atoms with E-state index in [1.807, 2.05) is 27.0 Å². The first-order valence-corrected chi connectivity index (χ1v) is 16.5. The summed E-state index contributed by atoms with van der Waals surface area (Å²) in [6, 6.07) is 14.9. The molecule has 0 spiro atoms. The third-order valence-corrected chi connectivity index (χ3v) is 9.54. The molecule has 3 atom stereocenters. The summed E-state index contributed by atoms with van der Waals surface area (Å²) in [5.41, 5.74) is 8.24. The molecule has 3 aliphatic rings. The van der Waals surface area contributed by atoms with Crippen LogP contribution in [0.2, 0.25) is 0 Å². The molecule has 10 heteroatoms. The van der Waals surface area contributed by atoms with E-state index in [0.717, 1.165) is 102 Å². The lowest BCUT2D eigenvalue weighted by Crippen LogP contribution is -2.40. The van der Waals surface area contributed by atoms with Gasteiger partial charge in [-0.3, -0.25) is 4.90 Å². The standard InChI is InChI=1S/C36H42N6O4/c1-36(2,3)46-34(43)40-27-9-5-8-26(27)32-37-20-29(39-32)22-14-12-21(13-15-22)23-16-17-25-24(19-23)7-4-10-28-31(25)41-33(38-28)30-11-6-18-42(30)35(44)45/h12-17,19-20,26-27,30H,4-11,18H2,1-3H3,(H,37,39)(H,38,41)(H,40,43)(H,44,45)/t26-,27+,30?/m1/s1. The van der Waals surface area contributed by atoms with E-state index in [-0.39, 0.29) is 24.1 Å². The summed E-state index contributed by atoms with van der Waals surface area (Å²) >= 11 is 0. The first-order chi connectivity index (χ1) is 22.1. The molecular formula is C36H42N6O4. The van der Waals surface area contributed by atoms with Crippen molar-refractivity contribution in [2.75, 3.05) is 6.54 Å². The summed E-state index contributed by atoms with van der Waals surface area (Å²) in [4.78, 5) is 42.4. The molecule has 1 saturated heterocycles. The third-order valence-electron chi connectivity index (χ3n) is 9.54. The van der Waals surface area contributed by atoms with Gasteiger partial charge in [0.2, 0.25) is 0 Å². The molecule has 7 rings (SSSR count). The second kappa shape index (κ2) is 12.0. The van der Waals surface area contributed by atoms with E-state index in [1.165, 1.54) is 10.5 Å². The number of H-pyrrole nitrogens is 2. The van der Waals surface area contributed by atoms with Gasteiger partial charge in [0.1, 0.15) is 17.2 Å². The van der Waals surface area contributed by atoms with Gasteiger partial charge in [0.25, 0.3) is 0 Å². The van der Waals surface area contributed by atoms with Crippen LogP contribution in [0.5, 0.6) is 0 Å². The van der Waals surface area contributed by atoms with Crippen LogP contribution in [-0.4, -0.2) is 60.3 Å². The molecular weight excluding hydrogens is 580 g/mol. The molecule has 2 aromatic heterocycles. The van der Waals surface area contributed by atoms with Crippen LogP contribution >= 0.6 is 0 Å². The molecule has 46 heavy (non-hydrogen) atoms. The maximum atomic E-state index is 12.4. The number of likely N-dealkylation sites (tertiary alicyclic amines) is 1. The molecule has 10 nitrogen and oxygen atoms in total. The number of carbonyl (C=O) groups excluding carboxylic acids is 1. The average Bonchev–Trinajstić information content (AvgIpc) is 3.82. The van der Waals surface area contributed by atoms with Crippen molar-refractivity contribution in [2.45, 2.75) is 95.7 Å². The van der Waals surface area contributed by atoms with Crippen molar-refractivity contribution in [3.8, 4) is 33.6 Å². The number of carbonyl (C=O) groups is 2. The van der Waals surface area contributed by atoms with E-state index in [4.69, 9.17) is 14.7 Å². The summed E-state index contributed by atoms with van der Waals surface area (Å²) in [7, 11) is 0. The highest BCUT2D eigenvalue weighted by Gasteiger charge is 2.34. The fourth-order valence-corrected chi connectivity index (χ4v) is 7.37. The monoisotopic (exact) mass is 622 g/mol. The molecule has 1 unspecified atom stereocenters. The number of carboxylic acid groups (broad SMARTS) is 1. The number of amides is 2. The molecule has 4 N–H and O–H groups in total. The SMILES string of the molecule is CC(C)(C)OC(=O)N[C@H]1CCC[C@H]1c1ncc(-c2ccc(-c3ccc4c(c3)CCCc3[nH]c(C5CCCN5C(=O)O)nc3-4)cc2)[nH]1. The maximum absolute atomic E-state index is 12.4. The molecule has 240 valence electrons. The largest absolute Gasteiger partial charge is 0.465 e. The Morgan fingerprint density at radius 3 is 2.50 bits per heavy atom. The van der Waals surface area contributed by atoms with Crippen LogP contribution in [0, 0.1) is 0 Å². The Labute approximate surface area is 269 Å². The van der Waals surface area contributed by atoms with Crippen molar-refractivity contribution < 1.29 is 19.4 Å². The zero-order chi connectivity index (χ0) is 32.0. The molecule has 3 heterocycles. The Balaban J connectivity index is 1.07. The number of aryl methyl sites for hydroxylation is 2. The number of aromatic nitrogens is 4. The summed E-state index contributed by atoms with van der Waals surface area (Å²) in [5.74, 6) is 1.79. The van der Waals surface area contributed by atoms with Gasteiger partial charge < -0.3 is 25.1 Å². The zero-order valence-corrected chi connectivity index (χ0v) is 26.7. The van der Waals surface area contributed by atoms with Gasteiger partial charge in [-0.2, -0.15) is 0 Å². The Morgan fingerprint density at radius 2 is 1.72 bits per heavy atom. The lowest BCUT2D eigenvalue weighted by Gasteiger charge is -2.24. The fourth-order valence-electron chi connectivity index (χ4n) is 7.37. The second-order valence-electron chi connectivity index (χ2n) is 13.9. The molecule has 2 amide bonds. The number of ether oxygens (including phenoxy) is 1. The lowest BCUT2D eigenvalue weighted by molar-refractivity contribution is 0.0500. The van der Waals surface area contributed by atoms with E-state index in [1.54, 1.807) is 0 Å². The summed E-state index contributed by atoms with van der Waals surface area (Å²) in [6.45, 7) is 6.17. The van der Waals surface area contributed by atoms with Crippen molar-refractivity contribution in [1.82, 2.24) is 30.2 Å². The minimum atomic E-state index is -0.881. The number of aromatic amines is 2. The predicted octanol–water partition coefficient (Wildman–Crippen LogP) is 7.60. The van der Waals surface area contributed by atoms with Crippen molar-refractivity contribution in [3.05, 3.63) is 71.6 Å². The Morgan fingerprint density at radius 1 is 0.935 bits per heavy atom. The van der Waals surface area contributed by atoms with Gasteiger partial charge in [0.15, 0.2) is 0 Å². The second-order valence-corrected chi connectivity index (χ2v) is 13.9. The summed E-state index contributed by atoms with van der Waals surface area (Å²) in [6.07, 6.45) is 8.05. The van der Waals surface area contributed by atoms with E-state index in [0.29, 0.717) is 6.54 Å². The van der Waals surface area contributed by atoms with Crippen molar-refractivity contribution in [3.63, 3.8) is 0 Å². The molecule has 4 aromatic rings. The number of hydrogen-bond donors (Lipinski definition) is 4. The van der Waals surface area contributed by atoms with Crippen LogP contribution in [0.1, 0.15) is 94.2 Å². The molecule has 1 aliphatic heterocycles. The van der Waals surface area contributed by atoms with E-state index in [2.05, 4.69) is 57.7 Å². The number of nitrogens with zero attached hydrogens (tertiary/aromatic N) is 3. The lowest BCUT2D eigenvalue weighted by atomic mass is 9.95. The van der Waals surface area contributed by atoms with Crippen LogP contribution in [-0.2, 0) is 17.6 Å². The minimum absolute atomic E-state index is 0.00397. The average molecular weight is 623 g/mol. The quantitative estimate of drug-likeness (QED) is 0.181. The van der Waals surface area contributed by atoms with E-state index >= 15 is 0 Å². The van der Waals surface area contributed by atoms with Gasteiger partial charge in [0, 0.05) is 29.8 Å². The number of rotatable bonds is 5. The van der Waals surface area contributed by atoms with E-state index in [9.17, 15) is 14.7 Å². The van der Waals surface area contributed by atoms with Crippen molar-refractivity contribution in [1.29, 1.82) is 0 Å². The zero-order valence-electron chi connectivity index (χ0n) is 26.7. The first kappa shape index (κ1) is 30.1. The number of fused-ring (bicyclic) bond motifs is 3. The highest BCUT2D eigenvalue weighted by atomic mass is 16.6. The number of hydrogen-bond acceptors (Lipinski definition) is 5. The van der Waals surface area contributed by atoms with Crippen LogP contribution in [0.4, 0.5) is 9.59 Å². The van der Waals surface area contributed by atoms with Crippen LogP contribution in [0.15, 0.2) is 48.7 Å². The number of benzene rings is 2. The molecule has 1 saturated carbocycles. The van der Waals surface area contributed by atoms with Gasteiger partial charge in [-0.25, -0.2) is 19.6 Å². The molecule has 0 bridgehead atoms. The Kier molecular flexibility index (Phi) is 7.82. The first-order valence-electron chi connectivity index (χ1n) is 16.5. The topological polar surface area (TPSA) is 136 Å². The summed E-state index contributed by atoms with van der Waals surface area (Å²) in [5, 5.41) is 12.7. The Hall–Kier alpha value is -4.60. The predicted molar refractivity (Wildman–Crippen MR) is 176 cm³/mol. The highest BCUT2D eigenvalue weighted by molar-refractivity contribution is 5.75. The smallest absolute Gasteiger partial charge is 0.407 e. The maximum Gasteiger partial charge on any atom is 0.407 e. The van der Waals surface area contributed by atoms with Crippen LogP contribution < -0.4 is 5.32 Å². The molecule has 2 aliphatic carbocycles. The van der Waals surface area contributed by atoms with Crippen molar-refractivity contribution >= 4 is 12.2 Å². The van der Waals surface area contributed by atoms with E-state index < -0.39 is 11.7 Å².